The highest BCUT2D eigenvalue weighted by Gasteiger charge is 2.21. The Balaban J connectivity index is 2.85. The van der Waals surface area contributed by atoms with Crippen molar-refractivity contribution >= 4 is 23.8 Å². The van der Waals surface area contributed by atoms with E-state index < -0.39 is 17.9 Å². The molecule has 0 aromatic rings. The van der Waals surface area contributed by atoms with E-state index in [1.807, 2.05) is 9.80 Å². The van der Waals surface area contributed by atoms with Crippen LogP contribution in [0.25, 0.3) is 0 Å². The number of hydrogen-bond acceptors (Lipinski definition) is 8. The predicted octanol–water partition coefficient (Wildman–Crippen LogP) is 4.96. The lowest BCUT2D eigenvalue weighted by atomic mass is 10.1. The van der Waals surface area contributed by atoms with Crippen LogP contribution < -0.4 is 0 Å². The fraction of sp³-hybridized carbons (Fsp3) is 0.892. The first-order chi connectivity index (χ1) is 23.6. The number of carbonyl (C=O) groups excluding carboxylic acids is 1. The van der Waals surface area contributed by atoms with E-state index >= 15 is 0 Å². The summed E-state index contributed by atoms with van der Waals surface area (Å²) >= 11 is 0. The van der Waals surface area contributed by atoms with Gasteiger partial charge >= 0.3 is 17.9 Å². The first kappa shape index (κ1) is 44.7. The molecule has 0 aromatic heterocycles. The summed E-state index contributed by atoms with van der Waals surface area (Å²) in [5, 5.41) is 28.4. The van der Waals surface area contributed by atoms with Gasteiger partial charge in [-0.25, -0.2) is 0 Å². The molecule has 1 aliphatic heterocycles. The molecule has 0 aliphatic carbocycles. The van der Waals surface area contributed by atoms with E-state index in [9.17, 15) is 34.5 Å². The van der Waals surface area contributed by atoms with Crippen LogP contribution in [0.5, 0.6) is 0 Å². The van der Waals surface area contributed by atoms with Crippen molar-refractivity contribution in [2.45, 2.75) is 123 Å². The van der Waals surface area contributed by atoms with E-state index in [1.54, 1.807) is 4.90 Å². The molecule has 1 heterocycles. The number of carboxylic acids is 3. The number of aliphatic carboxylic acids is 3. The van der Waals surface area contributed by atoms with E-state index in [-0.39, 0.29) is 25.5 Å². The molecule has 0 bridgehead atoms. The molecule has 0 spiro atoms. The number of hydrogen-bond donors (Lipinski definition) is 3. The highest BCUT2D eigenvalue weighted by molar-refractivity contribution is 5.76. The molecule has 12 nitrogen and oxygen atoms in total. The summed E-state index contributed by atoms with van der Waals surface area (Å²) in [6, 6.07) is 0. The van der Waals surface area contributed by atoms with Crippen LogP contribution in [0.1, 0.15) is 123 Å². The van der Waals surface area contributed by atoms with E-state index in [1.165, 1.54) is 77.0 Å². The average Bonchev–Trinajstić information content (AvgIpc) is 3.04. The minimum absolute atomic E-state index is 0.149. The molecule has 1 amide bonds. The third-order valence-electron chi connectivity index (χ3n) is 9.56. The minimum Gasteiger partial charge on any atom is -0.480 e. The lowest BCUT2D eigenvalue weighted by Gasteiger charge is -2.33. The van der Waals surface area contributed by atoms with Crippen LogP contribution in [0.2, 0.25) is 0 Å². The molecule has 1 rings (SSSR count). The maximum atomic E-state index is 13.7. The van der Waals surface area contributed by atoms with Crippen molar-refractivity contribution < 1.29 is 34.5 Å². The van der Waals surface area contributed by atoms with Gasteiger partial charge < -0.3 is 25.1 Å². The van der Waals surface area contributed by atoms with Gasteiger partial charge in [0.05, 0.1) is 19.6 Å². The molecular weight excluding hydrogens is 626 g/mol. The number of rotatable bonds is 27. The zero-order valence-electron chi connectivity index (χ0n) is 31.1. The van der Waals surface area contributed by atoms with E-state index in [4.69, 9.17) is 0 Å². The van der Waals surface area contributed by atoms with Gasteiger partial charge in [0, 0.05) is 78.4 Å². The Morgan fingerprint density at radius 2 is 0.735 bits per heavy atom. The van der Waals surface area contributed by atoms with Gasteiger partial charge in [-0.1, -0.05) is 104 Å². The second-order valence-corrected chi connectivity index (χ2v) is 13.9. The minimum atomic E-state index is -0.976. The van der Waals surface area contributed by atoms with Crippen molar-refractivity contribution in [1.82, 2.24) is 24.5 Å². The van der Waals surface area contributed by atoms with Crippen LogP contribution in [-0.4, -0.2) is 155 Å². The number of carboxylic acid groups (broad SMARTS) is 3. The molecule has 0 unspecified atom stereocenters. The molecule has 1 saturated heterocycles. The second-order valence-electron chi connectivity index (χ2n) is 13.9. The predicted molar refractivity (Wildman–Crippen MR) is 195 cm³/mol. The second kappa shape index (κ2) is 29.5. The summed E-state index contributed by atoms with van der Waals surface area (Å²) in [5.74, 6) is -2.70. The quantitative estimate of drug-likeness (QED) is 0.100. The van der Waals surface area contributed by atoms with Gasteiger partial charge in [-0.2, -0.15) is 0 Å². The fourth-order valence-corrected chi connectivity index (χ4v) is 6.50. The van der Waals surface area contributed by atoms with Crippen LogP contribution >= 0.6 is 0 Å². The summed E-state index contributed by atoms with van der Waals surface area (Å²) in [7, 11) is 0. The normalized spacial score (nSPS) is 16.2. The summed E-state index contributed by atoms with van der Waals surface area (Å²) in [6.45, 7) is 9.58. The van der Waals surface area contributed by atoms with Crippen molar-refractivity contribution in [3.05, 3.63) is 0 Å². The Kier molecular flexibility index (Phi) is 26.9. The lowest BCUT2D eigenvalue weighted by Crippen LogP contribution is -2.48. The van der Waals surface area contributed by atoms with Crippen molar-refractivity contribution in [2.75, 3.05) is 91.6 Å². The molecule has 49 heavy (non-hydrogen) atoms. The Hall–Kier alpha value is -2.28. The Morgan fingerprint density at radius 3 is 1.04 bits per heavy atom. The monoisotopic (exact) mass is 698 g/mol. The maximum Gasteiger partial charge on any atom is 0.317 e. The molecular formula is C37H71N5O7. The Morgan fingerprint density at radius 1 is 0.449 bits per heavy atom. The molecule has 3 N–H and O–H groups in total. The van der Waals surface area contributed by atoms with Crippen molar-refractivity contribution in [3.8, 4) is 0 Å². The zero-order chi connectivity index (χ0) is 36.1. The van der Waals surface area contributed by atoms with Crippen molar-refractivity contribution in [2.24, 2.45) is 0 Å². The largest absolute Gasteiger partial charge is 0.480 e. The first-order valence-corrected chi connectivity index (χ1v) is 19.5. The molecule has 1 aliphatic rings. The number of nitrogens with zero attached hydrogens (tertiary/aromatic N) is 5. The van der Waals surface area contributed by atoms with Gasteiger partial charge in [0.25, 0.3) is 0 Å². The smallest absolute Gasteiger partial charge is 0.317 e. The molecule has 0 aromatic carbocycles. The van der Waals surface area contributed by atoms with Crippen LogP contribution in [0, 0.1) is 0 Å². The van der Waals surface area contributed by atoms with E-state index in [2.05, 4.69) is 23.6 Å². The highest BCUT2D eigenvalue weighted by atomic mass is 16.4. The fourth-order valence-electron chi connectivity index (χ4n) is 6.50. The maximum absolute atomic E-state index is 13.7. The molecule has 12 heteroatoms. The van der Waals surface area contributed by atoms with Crippen LogP contribution in [-0.2, 0) is 19.2 Å². The van der Waals surface area contributed by atoms with Gasteiger partial charge in [0.2, 0.25) is 5.91 Å². The van der Waals surface area contributed by atoms with Gasteiger partial charge in [0.15, 0.2) is 0 Å². The van der Waals surface area contributed by atoms with Crippen molar-refractivity contribution in [1.29, 1.82) is 0 Å². The van der Waals surface area contributed by atoms with Gasteiger partial charge in [-0.15, -0.1) is 0 Å². The summed E-state index contributed by atoms with van der Waals surface area (Å²) in [5.41, 5.74) is 0. The number of amides is 1. The topological polar surface area (TPSA) is 145 Å². The average molecular weight is 698 g/mol. The standard InChI is InChI=1S/C37H71N5O7/c1-3-5-7-9-11-13-15-17-20-42(21-18-16-14-12-10-8-6-4-2)34(43)19-22-38-23-25-39(31-35(44)45)27-29-41(33-37(48)49)30-28-40(26-24-38)32-36(46)47/h3-33H2,1-2H3,(H,44,45)(H,46,47)(H,48,49). The van der Waals surface area contributed by atoms with E-state index in [0.29, 0.717) is 65.3 Å². The lowest BCUT2D eigenvalue weighted by molar-refractivity contribution is -0.140. The van der Waals surface area contributed by atoms with Crippen LogP contribution in [0.3, 0.4) is 0 Å². The summed E-state index contributed by atoms with van der Waals surface area (Å²) < 4.78 is 0. The van der Waals surface area contributed by atoms with Crippen molar-refractivity contribution in [3.63, 3.8) is 0 Å². The van der Waals surface area contributed by atoms with E-state index in [0.717, 1.165) is 38.8 Å². The summed E-state index contributed by atoms with van der Waals surface area (Å²) in [4.78, 5) is 57.9. The molecule has 1 fully saturated rings. The third kappa shape index (κ3) is 25.3. The van der Waals surface area contributed by atoms with Gasteiger partial charge in [0.1, 0.15) is 0 Å². The Labute approximate surface area is 297 Å². The van der Waals surface area contributed by atoms with Crippen LogP contribution in [0.15, 0.2) is 0 Å². The molecule has 0 radical (unpaired) electrons. The first-order valence-electron chi connectivity index (χ1n) is 19.5. The Bertz CT molecular complexity index is 841. The molecule has 286 valence electrons. The van der Waals surface area contributed by atoms with Gasteiger partial charge in [-0.05, 0) is 12.8 Å². The SMILES string of the molecule is CCCCCCCCCCN(CCCCCCCCCC)C(=O)CCN1CCN(CC(=O)O)CCN(CC(=O)O)CCN(CC(=O)O)CC1. The van der Waals surface area contributed by atoms with Crippen LogP contribution in [0.4, 0.5) is 0 Å². The van der Waals surface area contributed by atoms with Gasteiger partial charge in [-0.3, -0.25) is 33.9 Å². The highest BCUT2D eigenvalue weighted by Crippen LogP contribution is 2.13. The molecule has 0 atom stereocenters. The number of carbonyl (C=O) groups is 4. The molecule has 0 saturated carbocycles. The summed E-state index contributed by atoms with van der Waals surface area (Å²) in [6.07, 6.45) is 20.0. The zero-order valence-corrected chi connectivity index (χ0v) is 31.1. The third-order valence-corrected chi connectivity index (χ3v) is 9.56. The number of unbranched alkanes of at least 4 members (excludes halogenated alkanes) is 14.